The molecule has 3 rings (SSSR count). The number of ketones is 1. The van der Waals surface area contributed by atoms with Crippen molar-refractivity contribution in [2.75, 3.05) is 10.8 Å². The van der Waals surface area contributed by atoms with Crippen LogP contribution < -0.4 is 4.31 Å². The summed E-state index contributed by atoms with van der Waals surface area (Å²) in [5, 5.41) is 0. The van der Waals surface area contributed by atoms with Crippen molar-refractivity contribution in [3.8, 4) is 0 Å². The molecule has 0 unspecified atom stereocenters. The third kappa shape index (κ3) is 5.29. The smallest absolute Gasteiger partial charge is 0.297 e. The zero-order valence-electron chi connectivity index (χ0n) is 16.0. The summed E-state index contributed by atoms with van der Waals surface area (Å²) in [6, 6.07) is 16.5. The lowest BCUT2D eigenvalue weighted by molar-refractivity contribution is -0.137. The van der Waals surface area contributed by atoms with Crippen LogP contribution in [0.2, 0.25) is 0 Å². The maximum absolute atomic E-state index is 14.4. The number of rotatable bonds is 7. The Labute approximate surface area is 176 Å². The van der Waals surface area contributed by atoms with Crippen LogP contribution in [0, 0.1) is 5.82 Å². The Morgan fingerprint density at radius 3 is 2.16 bits per heavy atom. The number of anilines is 1. The highest BCUT2D eigenvalue weighted by Gasteiger charge is 2.31. The molecule has 0 amide bonds. The fourth-order valence-corrected chi connectivity index (χ4v) is 4.45. The Hall–Kier alpha value is -3.20. The SMILES string of the molecule is O=C(Cc1cccc(C(F)(F)F)c1)CN(c1ccccc1F)S(=O)(=O)c1ccccc1. The van der Waals surface area contributed by atoms with Gasteiger partial charge in [-0.2, -0.15) is 13.2 Å². The third-order valence-corrected chi connectivity index (χ3v) is 6.20. The number of hydrogen-bond donors (Lipinski definition) is 0. The molecule has 0 saturated carbocycles. The van der Waals surface area contributed by atoms with Gasteiger partial charge in [0.15, 0.2) is 5.78 Å². The standard InChI is InChI=1S/C22H17F4NO3S/c23-20-11-4-5-12-21(20)27(31(29,30)19-9-2-1-3-10-19)15-18(28)14-16-7-6-8-17(13-16)22(24,25)26/h1-13H,14-15H2. The number of halogens is 4. The minimum Gasteiger partial charge on any atom is -0.297 e. The van der Waals surface area contributed by atoms with E-state index in [1.54, 1.807) is 6.07 Å². The summed E-state index contributed by atoms with van der Waals surface area (Å²) in [5.74, 6) is -1.55. The summed E-state index contributed by atoms with van der Waals surface area (Å²) >= 11 is 0. The number of nitrogens with zero attached hydrogens (tertiary/aromatic N) is 1. The minimum atomic E-state index is -4.57. The van der Waals surface area contributed by atoms with E-state index in [2.05, 4.69) is 0 Å². The largest absolute Gasteiger partial charge is 0.416 e. The molecule has 0 spiro atoms. The molecule has 162 valence electrons. The molecule has 9 heteroatoms. The first-order valence-electron chi connectivity index (χ1n) is 9.09. The molecular weight excluding hydrogens is 434 g/mol. The molecule has 0 radical (unpaired) electrons. The van der Waals surface area contributed by atoms with Crippen molar-refractivity contribution in [3.63, 3.8) is 0 Å². The number of carbonyl (C=O) groups is 1. The number of benzene rings is 3. The maximum atomic E-state index is 14.4. The number of alkyl halides is 3. The van der Waals surface area contributed by atoms with E-state index in [0.717, 1.165) is 18.2 Å². The molecule has 0 N–H and O–H groups in total. The highest BCUT2D eigenvalue weighted by Crippen LogP contribution is 2.30. The van der Waals surface area contributed by atoms with Crippen LogP contribution in [0.15, 0.2) is 83.8 Å². The monoisotopic (exact) mass is 451 g/mol. The number of carbonyl (C=O) groups excluding carboxylic acids is 1. The van der Waals surface area contributed by atoms with E-state index in [4.69, 9.17) is 0 Å². The van der Waals surface area contributed by atoms with E-state index >= 15 is 0 Å². The summed E-state index contributed by atoms with van der Waals surface area (Å²) < 4.78 is 80.0. The van der Waals surface area contributed by atoms with Crippen molar-refractivity contribution in [1.82, 2.24) is 0 Å². The van der Waals surface area contributed by atoms with Crippen molar-refractivity contribution in [2.24, 2.45) is 0 Å². The van der Waals surface area contributed by atoms with Gasteiger partial charge in [-0.15, -0.1) is 0 Å². The molecule has 0 atom stereocenters. The van der Waals surface area contributed by atoms with Crippen LogP contribution in [0.5, 0.6) is 0 Å². The number of hydrogen-bond acceptors (Lipinski definition) is 3. The Bertz CT molecular complexity index is 1180. The molecule has 0 bridgehead atoms. The average molecular weight is 451 g/mol. The second-order valence-electron chi connectivity index (χ2n) is 6.69. The molecule has 31 heavy (non-hydrogen) atoms. The lowest BCUT2D eigenvalue weighted by Gasteiger charge is -2.24. The van der Waals surface area contributed by atoms with Gasteiger partial charge in [0.2, 0.25) is 0 Å². The highest BCUT2D eigenvalue weighted by atomic mass is 32.2. The van der Waals surface area contributed by atoms with E-state index in [9.17, 15) is 30.8 Å². The molecule has 0 aliphatic rings. The average Bonchev–Trinajstić information content (AvgIpc) is 2.73. The zero-order valence-corrected chi connectivity index (χ0v) is 16.8. The van der Waals surface area contributed by atoms with Gasteiger partial charge in [-0.1, -0.05) is 48.5 Å². The molecule has 4 nitrogen and oxygen atoms in total. The number of sulfonamides is 1. The Morgan fingerprint density at radius 2 is 1.52 bits per heavy atom. The van der Waals surface area contributed by atoms with Gasteiger partial charge in [0.1, 0.15) is 5.82 Å². The Kier molecular flexibility index (Phi) is 6.45. The van der Waals surface area contributed by atoms with Crippen molar-refractivity contribution >= 4 is 21.5 Å². The molecule has 0 aliphatic heterocycles. The van der Waals surface area contributed by atoms with Gasteiger partial charge in [0, 0.05) is 6.42 Å². The van der Waals surface area contributed by atoms with Gasteiger partial charge >= 0.3 is 6.18 Å². The molecule has 0 heterocycles. The summed E-state index contributed by atoms with van der Waals surface area (Å²) in [7, 11) is -4.30. The summed E-state index contributed by atoms with van der Waals surface area (Å²) in [4.78, 5) is 12.5. The second-order valence-corrected chi connectivity index (χ2v) is 8.55. The van der Waals surface area contributed by atoms with Crippen LogP contribution in [0.1, 0.15) is 11.1 Å². The molecule has 3 aromatic carbocycles. The summed E-state index contributed by atoms with van der Waals surface area (Å²) in [6.07, 6.45) is -5.02. The molecule has 0 saturated heterocycles. The van der Waals surface area contributed by atoms with Gasteiger partial charge in [-0.05, 0) is 35.9 Å². The van der Waals surface area contributed by atoms with Gasteiger partial charge in [0.05, 0.1) is 22.7 Å². The molecular formula is C22H17F4NO3S. The van der Waals surface area contributed by atoms with Gasteiger partial charge in [0.25, 0.3) is 10.0 Å². The van der Waals surface area contributed by atoms with E-state index in [0.29, 0.717) is 4.31 Å². The third-order valence-electron chi connectivity index (χ3n) is 4.43. The normalized spacial score (nSPS) is 11.9. The predicted molar refractivity (Wildman–Crippen MR) is 108 cm³/mol. The minimum absolute atomic E-state index is 0.0745. The summed E-state index contributed by atoms with van der Waals surface area (Å²) in [5.41, 5.74) is -1.17. The first kappa shape index (κ1) is 22.5. The van der Waals surface area contributed by atoms with E-state index in [1.807, 2.05) is 0 Å². The molecule has 3 aromatic rings. The van der Waals surface area contributed by atoms with E-state index in [1.165, 1.54) is 54.6 Å². The molecule has 0 aromatic heterocycles. The first-order valence-corrected chi connectivity index (χ1v) is 10.5. The van der Waals surface area contributed by atoms with Gasteiger partial charge in [-0.3, -0.25) is 9.10 Å². The van der Waals surface area contributed by atoms with Crippen LogP contribution in [-0.2, 0) is 27.4 Å². The van der Waals surface area contributed by atoms with E-state index in [-0.39, 0.29) is 16.1 Å². The second kappa shape index (κ2) is 8.89. The van der Waals surface area contributed by atoms with Crippen LogP contribution in [0.3, 0.4) is 0 Å². The predicted octanol–water partition coefficient (Wildman–Crippen LogP) is 4.85. The topological polar surface area (TPSA) is 54.5 Å². The fraction of sp³-hybridized carbons (Fsp3) is 0.136. The quantitative estimate of drug-likeness (QED) is 0.483. The summed E-state index contributed by atoms with van der Waals surface area (Å²) in [6.45, 7) is -0.742. The Balaban J connectivity index is 1.93. The van der Waals surface area contributed by atoms with Crippen molar-refractivity contribution in [2.45, 2.75) is 17.5 Å². The van der Waals surface area contributed by atoms with Crippen LogP contribution in [0.25, 0.3) is 0 Å². The molecule has 0 aliphatic carbocycles. The lowest BCUT2D eigenvalue weighted by Crippen LogP contribution is -2.37. The van der Waals surface area contributed by atoms with Gasteiger partial charge < -0.3 is 0 Å². The maximum Gasteiger partial charge on any atom is 0.416 e. The number of Topliss-reactive ketones (excluding diaryl/α,β-unsaturated/α-hetero) is 1. The van der Waals surface area contributed by atoms with Crippen LogP contribution >= 0.6 is 0 Å². The van der Waals surface area contributed by atoms with Gasteiger partial charge in [-0.25, -0.2) is 12.8 Å². The zero-order chi connectivity index (χ0) is 22.6. The lowest BCUT2D eigenvalue weighted by atomic mass is 10.1. The highest BCUT2D eigenvalue weighted by molar-refractivity contribution is 7.92. The van der Waals surface area contributed by atoms with E-state index < -0.39 is 46.3 Å². The van der Waals surface area contributed by atoms with Crippen LogP contribution in [0.4, 0.5) is 23.2 Å². The van der Waals surface area contributed by atoms with Crippen LogP contribution in [-0.4, -0.2) is 20.7 Å². The number of para-hydroxylation sites is 1. The first-order chi connectivity index (χ1) is 14.6. The van der Waals surface area contributed by atoms with Crippen molar-refractivity contribution < 1.29 is 30.8 Å². The Morgan fingerprint density at radius 1 is 0.871 bits per heavy atom. The molecule has 0 fully saturated rings. The van der Waals surface area contributed by atoms with Crippen molar-refractivity contribution in [1.29, 1.82) is 0 Å². The fourth-order valence-electron chi connectivity index (χ4n) is 2.97. The van der Waals surface area contributed by atoms with Crippen molar-refractivity contribution in [3.05, 3.63) is 95.8 Å².